The number of aromatic nitrogens is 1. The molecule has 0 bridgehead atoms. The van der Waals surface area contributed by atoms with Crippen LogP contribution in [0.1, 0.15) is 41.0 Å². The van der Waals surface area contributed by atoms with Gasteiger partial charge in [0.1, 0.15) is 29.0 Å². The van der Waals surface area contributed by atoms with Crippen LogP contribution in [0.15, 0.2) is 48.7 Å². The van der Waals surface area contributed by atoms with Crippen LogP contribution in [0, 0.1) is 37.2 Å². The largest absolute Gasteiger partial charge is 0.352 e. The fourth-order valence-electron chi connectivity index (χ4n) is 4.62. The third kappa shape index (κ3) is 5.16. The predicted molar refractivity (Wildman–Crippen MR) is 123 cm³/mol. The van der Waals surface area contributed by atoms with Gasteiger partial charge in [0, 0.05) is 36.9 Å². The first kappa shape index (κ1) is 24.3. The first-order chi connectivity index (χ1) is 16.6. The molecule has 1 amide bonds. The van der Waals surface area contributed by atoms with Crippen molar-refractivity contribution in [2.24, 2.45) is 5.92 Å². The lowest BCUT2D eigenvalue weighted by Gasteiger charge is -2.17. The fraction of sp³-hybridized carbons (Fsp3) is 0.259. The summed E-state index contributed by atoms with van der Waals surface area (Å²) in [5.74, 6) is -4.67. The molecule has 1 aromatic heterocycles. The SMILES string of the molecule is Cc1cc(-c2ncc(F)cc2F)cc(C)c1C1C(=O)CC(CC(=O)NCc2ccc(F)cc2)C1=O. The highest BCUT2D eigenvalue weighted by atomic mass is 19.1. The van der Waals surface area contributed by atoms with Crippen molar-refractivity contribution in [3.63, 3.8) is 0 Å². The third-order valence-electron chi connectivity index (χ3n) is 6.25. The minimum Gasteiger partial charge on any atom is -0.352 e. The minimum atomic E-state index is -0.995. The molecule has 1 fully saturated rings. The van der Waals surface area contributed by atoms with Crippen molar-refractivity contribution in [3.05, 3.63) is 88.4 Å². The summed E-state index contributed by atoms with van der Waals surface area (Å²) >= 11 is 0. The molecular formula is C27H23F3N2O3. The molecule has 5 nitrogen and oxygen atoms in total. The Morgan fingerprint density at radius 2 is 1.66 bits per heavy atom. The molecular weight excluding hydrogens is 457 g/mol. The van der Waals surface area contributed by atoms with E-state index in [1.165, 1.54) is 12.1 Å². The van der Waals surface area contributed by atoms with Crippen LogP contribution in [0.4, 0.5) is 13.2 Å². The minimum absolute atomic E-state index is 0.0241. The Morgan fingerprint density at radius 3 is 2.29 bits per heavy atom. The summed E-state index contributed by atoms with van der Waals surface area (Å²) in [5.41, 5.74) is 2.86. The second-order valence-corrected chi connectivity index (χ2v) is 8.82. The number of halogens is 3. The van der Waals surface area contributed by atoms with E-state index in [1.54, 1.807) is 38.1 Å². The zero-order valence-corrected chi connectivity index (χ0v) is 19.2. The summed E-state index contributed by atoms with van der Waals surface area (Å²) in [6.45, 7) is 3.62. The zero-order valence-electron chi connectivity index (χ0n) is 19.2. The van der Waals surface area contributed by atoms with E-state index >= 15 is 0 Å². The van der Waals surface area contributed by atoms with E-state index in [0.717, 1.165) is 12.3 Å². The van der Waals surface area contributed by atoms with Gasteiger partial charge in [-0.1, -0.05) is 12.1 Å². The molecule has 8 heteroatoms. The van der Waals surface area contributed by atoms with E-state index in [4.69, 9.17) is 0 Å². The number of pyridine rings is 1. The van der Waals surface area contributed by atoms with E-state index in [2.05, 4.69) is 10.3 Å². The smallest absolute Gasteiger partial charge is 0.221 e. The molecule has 1 N–H and O–H groups in total. The van der Waals surface area contributed by atoms with Crippen molar-refractivity contribution in [2.45, 2.75) is 39.2 Å². The van der Waals surface area contributed by atoms with Gasteiger partial charge in [-0.2, -0.15) is 0 Å². The first-order valence-corrected chi connectivity index (χ1v) is 11.1. The Balaban J connectivity index is 1.49. The Kier molecular flexibility index (Phi) is 6.82. The highest BCUT2D eigenvalue weighted by Crippen LogP contribution is 2.38. The molecule has 0 radical (unpaired) electrons. The van der Waals surface area contributed by atoms with Gasteiger partial charge in [0.2, 0.25) is 5.91 Å². The van der Waals surface area contributed by atoms with Crippen LogP contribution < -0.4 is 5.32 Å². The monoisotopic (exact) mass is 480 g/mol. The number of Topliss-reactive ketones (excluding diaryl/α,β-unsaturated/α-hetero) is 2. The molecule has 1 saturated carbocycles. The van der Waals surface area contributed by atoms with Crippen molar-refractivity contribution in [1.29, 1.82) is 0 Å². The van der Waals surface area contributed by atoms with Crippen LogP contribution >= 0.6 is 0 Å². The Morgan fingerprint density at radius 1 is 1.00 bits per heavy atom. The topological polar surface area (TPSA) is 76.1 Å². The summed E-state index contributed by atoms with van der Waals surface area (Å²) in [6.07, 6.45) is 0.762. The van der Waals surface area contributed by atoms with Gasteiger partial charge in [-0.15, -0.1) is 0 Å². The highest BCUT2D eigenvalue weighted by molar-refractivity contribution is 6.15. The standard InChI is InChI=1S/C27H23F3N2O3/c1-14-7-17(26-21(30)11-20(29)13-32-26)8-15(2)24(14)25-22(33)9-18(27(25)35)10-23(34)31-12-16-3-5-19(28)6-4-16/h3-8,11,13,18,25H,9-10,12H2,1-2H3,(H,31,34). The van der Waals surface area contributed by atoms with Gasteiger partial charge in [0.15, 0.2) is 11.6 Å². The maximum Gasteiger partial charge on any atom is 0.221 e. The van der Waals surface area contributed by atoms with Crippen LogP contribution in [0.3, 0.4) is 0 Å². The number of hydrogen-bond acceptors (Lipinski definition) is 4. The van der Waals surface area contributed by atoms with Crippen LogP contribution in [-0.4, -0.2) is 22.5 Å². The second-order valence-electron chi connectivity index (χ2n) is 8.82. The number of aryl methyl sites for hydroxylation is 2. The van der Waals surface area contributed by atoms with E-state index in [9.17, 15) is 27.6 Å². The maximum absolute atomic E-state index is 14.2. The lowest BCUT2D eigenvalue weighted by atomic mass is 9.85. The fourth-order valence-corrected chi connectivity index (χ4v) is 4.62. The van der Waals surface area contributed by atoms with Crippen LogP contribution in [0.25, 0.3) is 11.3 Å². The second kappa shape index (κ2) is 9.82. The van der Waals surface area contributed by atoms with Gasteiger partial charge in [0.25, 0.3) is 0 Å². The molecule has 0 saturated heterocycles. The van der Waals surface area contributed by atoms with E-state index < -0.39 is 23.5 Å². The van der Waals surface area contributed by atoms with Gasteiger partial charge >= 0.3 is 0 Å². The quantitative estimate of drug-likeness (QED) is 0.518. The number of carbonyl (C=O) groups is 3. The van der Waals surface area contributed by atoms with Crippen LogP contribution in [-0.2, 0) is 20.9 Å². The van der Waals surface area contributed by atoms with Crippen molar-refractivity contribution < 1.29 is 27.6 Å². The number of nitrogens with one attached hydrogen (secondary N) is 1. The predicted octanol–water partition coefficient (Wildman–Crippen LogP) is 4.73. The van der Waals surface area contributed by atoms with Crippen molar-refractivity contribution in [1.82, 2.24) is 10.3 Å². The number of benzene rings is 2. The Hall–Kier alpha value is -3.81. The van der Waals surface area contributed by atoms with E-state index in [-0.39, 0.29) is 48.4 Å². The van der Waals surface area contributed by atoms with Crippen LogP contribution in [0.5, 0.6) is 0 Å². The van der Waals surface area contributed by atoms with E-state index in [1.807, 2.05) is 0 Å². The van der Waals surface area contributed by atoms with Gasteiger partial charge < -0.3 is 5.32 Å². The molecule has 3 aromatic rings. The maximum atomic E-state index is 14.2. The molecule has 180 valence electrons. The van der Waals surface area contributed by atoms with Gasteiger partial charge in [-0.25, -0.2) is 13.2 Å². The normalized spacial score (nSPS) is 17.6. The molecule has 2 unspecified atom stereocenters. The number of hydrogen-bond donors (Lipinski definition) is 1. The van der Waals surface area contributed by atoms with Gasteiger partial charge in [-0.05, 0) is 60.4 Å². The number of carbonyl (C=O) groups excluding carboxylic acids is 3. The lowest BCUT2D eigenvalue weighted by Crippen LogP contribution is -2.27. The molecule has 4 rings (SSSR count). The van der Waals surface area contributed by atoms with Crippen molar-refractivity contribution in [3.8, 4) is 11.3 Å². The van der Waals surface area contributed by atoms with E-state index in [0.29, 0.717) is 27.8 Å². The summed E-state index contributed by atoms with van der Waals surface area (Å²) in [6, 6.07) is 9.68. The number of amides is 1. The first-order valence-electron chi connectivity index (χ1n) is 11.1. The molecule has 0 aliphatic heterocycles. The average molecular weight is 480 g/mol. The summed E-state index contributed by atoms with van der Waals surface area (Å²) < 4.78 is 40.5. The summed E-state index contributed by atoms with van der Waals surface area (Å²) in [5, 5.41) is 2.70. The number of ketones is 2. The highest BCUT2D eigenvalue weighted by Gasteiger charge is 2.43. The molecule has 35 heavy (non-hydrogen) atoms. The number of nitrogens with zero attached hydrogens (tertiary/aromatic N) is 1. The molecule has 1 aliphatic rings. The number of rotatable bonds is 6. The van der Waals surface area contributed by atoms with Gasteiger partial charge in [0.05, 0.1) is 6.20 Å². The Bertz CT molecular complexity index is 1300. The molecule has 2 aromatic carbocycles. The lowest BCUT2D eigenvalue weighted by molar-refractivity contribution is -0.128. The molecule has 1 heterocycles. The third-order valence-corrected chi connectivity index (χ3v) is 6.25. The van der Waals surface area contributed by atoms with Crippen LogP contribution in [0.2, 0.25) is 0 Å². The summed E-state index contributed by atoms with van der Waals surface area (Å²) in [4.78, 5) is 42.2. The molecule has 0 spiro atoms. The average Bonchev–Trinajstić information content (AvgIpc) is 3.06. The molecule has 2 atom stereocenters. The van der Waals surface area contributed by atoms with Gasteiger partial charge in [-0.3, -0.25) is 19.4 Å². The summed E-state index contributed by atoms with van der Waals surface area (Å²) in [7, 11) is 0. The Labute approximate surface area is 200 Å². The molecule has 1 aliphatic carbocycles. The van der Waals surface area contributed by atoms with Crippen molar-refractivity contribution in [2.75, 3.05) is 0 Å². The van der Waals surface area contributed by atoms with Crippen molar-refractivity contribution >= 4 is 17.5 Å². The zero-order chi connectivity index (χ0) is 25.3.